The van der Waals surface area contributed by atoms with Crippen molar-refractivity contribution in [3.05, 3.63) is 23.5 Å². The molecule has 0 spiro atoms. The smallest absolute Gasteiger partial charge is 0.163 e. The van der Waals surface area contributed by atoms with Crippen LogP contribution in [0.25, 0.3) is 0 Å². The van der Waals surface area contributed by atoms with Gasteiger partial charge < -0.3 is 19.9 Å². The fourth-order valence-electron chi connectivity index (χ4n) is 2.37. The third kappa shape index (κ3) is 2.98. The number of benzene rings is 1. The van der Waals surface area contributed by atoms with Crippen LogP contribution in [0.2, 0.25) is 0 Å². The van der Waals surface area contributed by atoms with E-state index in [1.165, 1.54) is 20.3 Å². The second-order valence-electron chi connectivity index (χ2n) is 4.66. The van der Waals surface area contributed by atoms with Gasteiger partial charge in [-0.05, 0) is 25.3 Å². The van der Waals surface area contributed by atoms with Crippen molar-refractivity contribution in [2.75, 3.05) is 20.8 Å². The van der Waals surface area contributed by atoms with Crippen LogP contribution in [0.4, 0.5) is 4.39 Å². The van der Waals surface area contributed by atoms with Crippen LogP contribution in [0.5, 0.6) is 11.5 Å². The molecule has 1 fully saturated rings. The lowest BCUT2D eigenvalue weighted by Gasteiger charge is -2.28. The van der Waals surface area contributed by atoms with Gasteiger partial charge in [0.15, 0.2) is 11.5 Å². The van der Waals surface area contributed by atoms with Gasteiger partial charge in [0.25, 0.3) is 0 Å². The number of methoxy groups -OCH3 is 2. The molecule has 2 N–H and O–H groups in total. The first-order chi connectivity index (χ1) is 9.17. The van der Waals surface area contributed by atoms with Gasteiger partial charge in [-0.1, -0.05) is 0 Å². The Labute approximate surface area is 112 Å². The number of hydrogen-bond donors (Lipinski definition) is 1. The van der Waals surface area contributed by atoms with Crippen molar-refractivity contribution < 1.29 is 18.6 Å². The van der Waals surface area contributed by atoms with Crippen LogP contribution in [0.1, 0.15) is 30.9 Å². The van der Waals surface area contributed by atoms with Crippen molar-refractivity contribution in [3.63, 3.8) is 0 Å². The number of nitrogens with two attached hydrogens (primary N) is 1. The summed E-state index contributed by atoms with van der Waals surface area (Å²) in [6.45, 7) is 0.688. The van der Waals surface area contributed by atoms with Crippen molar-refractivity contribution >= 4 is 0 Å². The molecule has 5 heteroatoms. The molecule has 0 radical (unpaired) electrons. The maximum Gasteiger partial charge on any atom is 0.163 e. The Morgan fingerprint density at radius 3 is 2.53 bits per heavy atom. The standard InChI is InChI=1S/C14H20FNO3/c1-17-12-7-9(10(15)8-13(12)18-2)14(16)11-5-3-4-6-19-11/h7-8,11,14H,3-6,16H2,1-2H3. The van der Waals surface area contributed by atoms with Gasteiger partial charge in [-0.3, -0.25) is 0 Å². The van der Waals surface area contributed by atoms with Gasteiger partial charge in [0, 0.05) is 18.2 Å². The molecular weight excluding hydrogens is 249 g/mol. The van der Waals surface area contributed by atoms with E-state index in [1.807, 2.05) is 0 Å². The Balaban J connectivity index is 2.27. The molecule has 2 unspecified atom stereocenters. The van der Waals surface area contributed by atoms with Crippen LogP contribution < -0.4 is 15.2 Å². The van der Waals surface area contributed by atoms with Crippen molar-refractivity contribution in [3.8, 4) is 11.5 Å². The SMILES string of the molecule is COc1cc(F)c(C(N)C2CCCCO2)cc1OC. The van der Waals surface area contributed by atoms with Gasteiger partial charge >= 0.3 is 0 Å². The van der Waals surface area contributed by atoms with Gasteiger partial charge in [-0.2, -0.15) is 0 Å². The molecule has 1 aromatic rings. The third-order valence-corrected chi connectivity index (χ3v) is 3.48. The second-order valence-corrected chi connectivity index (χ2v) is 4.66. The summed E-state index contributed by atoms with van der Waals surface area (Å²) in [6, 6.07) is 2.41. The predicted octanol–water partition coefficient (Wildman–Crippen LogP) is 2.41. The zero-order valence-corrected chi connectivity index (χ0v) is 11.3. The predicted molar refractivity (Wildman–Crippen MR) is 70.0 cm³/mol. The van der Waals surface area contributed by atoms with E-state index >= 15 is 0 Å². The Kier molecular flexibility index (Phi) is 4.61. The van der Waals surface area contributed by atoms with Gasteiger partial charge in [0.1, 0.15) is 5.82 Å². The topological polar surface area (TPSA) is 53.7 Å². The van der Waals surface area contributed by atoms with Crippen molar-refractivity contribution in [1.29, 1.82) is 0 Å². The summed E-state index contributed by atoms with van der Waals surface area (Å²) >= 11 is 0. The van der Waals surface area contributed by atoms with E-state index in [1.54, 1.807) is 6.07 Å². The third-order valence-electron chi connectivity index (χ3n) is 3.48. The Morgan fingerprint density at radius 1 is 1.26 bits per heavy atom. The van der Waals surface area contributed by atoms with Crippen LogP contribution in [0, 0.1) is 5.82 Å². The first kappa shape index (κ1) is 14.1. The van der Waals surface area contributed by atoms with Crippen molar-refractivity contribution in [2.45, 2.75) is 31.4 Å². The molecule has 106 valence electrons. The molecule has 1 aliphatic rings. The Bertz CT molecular complexity index is 433. The maximum absolute atomic E-state index is 14.1. The van der Waals surface area contributed by atoms with Crippen LogP contribution in [-0.2, 0) is 4.74 Å². The quantitative estimate of drug-likeness (QED) is 0.912. The monoisotopic (exact) mass is 269 g/mol. The number of halogens is 1. The fraction of sp³-hybridized carbons (Fsp3) is 0.571. The molecule has 0 bridgehead atoms. The van der Waals surface area contributed by atoms with E-state index in [4.69, 9.17) is 19.9 Å². The molecule has 0 amide bonds. The maximum atomic E-state index is 14.1. The molecule has 1 heterocycles. The van der Waals surface area contributed by atoms with E-state index in [9.17, 15) is 4.39 Å². The minimum atomic E-state index is -0.486. The lowest BCUT2D eigenvalue weighted by molar-refractivity contribution is -0.000664. The highest BCUT2D eigenvalue weighted by molar-refractivity contribution is 5.44. The van der Waals surface area contributed by atoms with Crippen LogP contribution >= 0.6 is 0 Å². The molecule has 1 aliphatic heterocycles. The van der Waals surface area contributed by atoms with Crippen LogP contribution in [0.15, 0.2) is 12.1 Å². The van der Waals surface area contributed by atoms with Gasteiger partial charge in [0.05, 0.1) is 26.4 Å². The van der Waals surface area contributed by atoms with E-state index in [0.717, 1.165) is 19.3 Å². The summed E-state index contributed by atoms with van der Waals surface area (Å²) in [5, 5.41) is 0. The number of ether oxygens (including phenoxy) is 3. The molecule has 0 saturated carbocycles. The minimum absolute atomic E-state index is 0.138. The van der Waals surface area contributed by atoms with E-state index in [0.29, 0.717) is 23.7 Å². The average molecular weight is 269 g/mol. The molecule has 2 rings (SSSR count). The number of rotatable bonds is 4. The summed E-state index contributed by atoms with van der Waals surface area (Å²) in [5.74, 6) is 0.449. The Hall–Kier alpha value is -1.33. The zero-order chi connectivity index (χ0) is 13.8. The molecule has 2 atom stereocenters. The zero-order valence-electron chi connectivity index (χ0n) is 11.3. The molecular formula is C14H20FNO3. The van der Waals surface area contributed by atoms with Gasteiger partial charge in [0.2, 0.25) is 0 Å². The van der Waals surface area contributed by atoms with E-state index < -0.39 is 6.04 Å². The highest BCUT2D eigenvalue weighted by Gasteiger charge is 2.26. The van der Waals surface area contributed by atoms with Crippen molar-refractivity contribution in [1.82, 2.24) is 0 Å². The summed E-state index contributed by atoms with van der Waals surface area (Å²) < 4.78 is 29.9. The van der Waals surface area contributed by atoms with E-state index in [-0.39, 0.29) is 11.9 Å². The molecule has 19 heavy (non-hydrogen) atoms. The lowest BCUT2D eigenvalue weighted by atomic mass is 9.96. The summed E-state index contributed by atoms with van der Waals surface area (Å²) in [4.78, 5) is 0. The van der Waals surface area contributed by atoms with Gasteiger partial charge in [-0.25, -0.2) is 4.39 Å². The molecule has 1 saturated heterocycles. The summed E-state index contributed by atoms with van der Waals surface area (Å²) in [5.41, 5.74) is 6.53. The van der Waals surface area contributed by atoms with Crippen molar-refractivity contribution in [2.24, 2.45) is 5.73 Å². The molecule has 4 nitrogen and oxygen atoms in total. The van der Waals surface area contributed by atoms with Gasteiger partial charge in [-0.15, -0.1) is 0 Å². The molecule has 0 aliphatic carbocycles. The molecule has 0 aromatic heterocycles. The first-order valence-corrected chi connectivity index (χ1v) is 6.46. The highest BCUT2D eigenvalue weighted by atomic mass is 19.1. The summed E-state index contributed by atoms with van der Waals surface area (Å²) in [7, 11) is 2.99. The van der Waals surface area contributed by atoms with Crippen LogP contribution in [0.3, 0.4) is 0 Å². The Morgan fingerprint density at radius 2 is 1.95 bits per heavy atom. The first-order valence-electron chi connectivity index (χ1n) is 6.46. The second kappa shape index (κ2) is 6.21. The number of hydrogen-bond acceptors (Lipinski definition) is 4. The van der Waals surface area contributed by atoms with E-state index in [2.05, 4.69) is 0 Å². The normalized spacial score (nSPS) is 20.9. The minimum Gasteiger partial charge on any atom is -0.493 e. The molecule has 1 aromatic carbocycles. The lowest BCUT2D eigenvalue weighted by Crippen LogP contribution is -2.32. The largest absolute Gasteiger partial charge is 0.493 e. The van der Waals surface area contributed by atoms with Crippen LogP contribution in [-0.4, -0.2) is 26.9 Å². The average Bonchev–Trinajstić information content (AvgIpc) is 2.47. The summed E-state index contributed by atoms with van der Waals surface area (Å²) in [6.07, 6.45) is 2.82. The highest BCUT2D eigenvalue weighted by Crippen LogP contribution is 2.34. The fourth-order valence-corrected chi connectivity index (χ4v) is 2.37.